The smallest absolute Gasteiger partial charge is 0.325 e. The minimum absolute atomic E-state index is 0.114. The van der Waals surface area contributed by atoms with Gasteiger partial charge in [-0.1, -0.05) is 30.3 Å². The van der Waals surface area contributed by atoms with Crippen LogP contribution in [0.25, 0.3) is 16.5 Å². The summed E-state index contributed by atoms with van der Waals surface area (Å²) in [7, 11) is 0. The Kier molecular flexibility index (Phi) is 5.91. The highest BCUT2D eigenvalue weighted by Gasteiger charge is 2.04. The van der Waals surface area contributed by atoms with E-state index < -0.39 is 5.97 Å². The van der Waals surface area contributed by atoms with E-state index in [2.05, 4.69) is 5.32 Å². The molecule has 1 aromatic heterocycles. The molecule has 1 N–H and O–H groups in total. The SMILES string of the molecule is CCOC(=O)CNC(=O)/C=C/c1ccc(-c2ccccc2)s1. The quantitative estimate of drug-likeness (QED) is 0.658. The van der Waals surface area contributed by atoms with E-state index >= 15 is 0 Å². The minimum atomic E-state index is -0.438. The summed E-state index contributed by atoms with van der Waals surface area (Å²) < 4.78 is 4.73. The fourth-order valence-corrected chi connectivity index (χ4v) is 2.70. The molecule has 5 heteroatoms. The predicted octanol–water partition coefficient (Wildman–Crippen LogP) is 3.11. The van der Waals surface area contributed by atoms with Crippen LogP contribution < -0.4 is 5.32 Å². The van der Waals surface area contributed by atoms with Crippen LogP contribution in [-0.4, -0.2) is 25.0 Å². The summed E-state index contributed by atoms with van der Waals surface area (Å²) in [6, 6.07) is 14.0. The van der Waals surface area contributed by atoms with Crippen molar-refractivity contribution in [1.29, 1.82) is 0 Å². The number of benzene rings is 1. The molecule has 2 aromatic rings. The van der Waals surface area contributed by atoms with E-state index in [1.54, 1.807) is 24.3 Å². The lowest BCUT2D eigenvalue weighted by Gasteiger charge is -2.01. The zero-order chi connectivity index (χ0) is 15.8. The van der Waals surface area contributed by atoms with Gasteiger partial charge in [0.15, 0.2) is 0 Å². The molecule has 4 nitrogen and oxygen atoms in total. The summed E-state index contributed by atoms with van der Waals surface area (Å²) in [5.74, 6) is -0.755. The van der Waals surface area contributed by atoms with Crippen LogP contribution in [0.4, 0.5) is 0 Å². The van der Waals surface area contributed by atoms with Gasteiger partial charge in [0.2, 0.25) is 5.91 Å². The first-order chi connectivity index (χ1) is 10.7. The summed E-state index contributed by atoms with van der Waals surface area (Å²) in [6.07, 6.45) is 3.15. The van der Waals surface area contributed by atoms with E-state index in [0.29, 0.717) is 6.61 Å². The van der Waals surface area contributed by atoms with Gasteiger partial charge in [0, 0.05) is 15.8 Å². The predicted molar refractivity (Wildman–Crippen MR) is 88.4 cm³/mol. The third kappa shape index (κ3) is 4.86. The maximum Gasteiger partial charge on any atom is 0.325 e. The van der Waals surface area contributed by atoms with Crippen molar-refractivity contribution in [2.45, 2.75) is 6.92 Å². The number of amides is 1. The average Bonchev–Trinajstić information content (AvgIpc) is 3.01. The van der Waals surface area contributed by atoms with Gasteiger partial charge in [-0.05, 0) is 30.7 Å². The number of rotatable bonds is 6. The van der Waals surface area contributed by atoms with Crippen molar-refractivity contribution in [3.8, 4) is 10.4 Å². The van der Waals surface area contributed by atoms with Crippen LogP contribution in [0.3, 0.4) is 0 Å². The number of hydrogen-bond acceptors (Lipinski definition) is 4. The molecule has 0 aliphatic heterocycles. The molecule has 1 heterocycles. The Morgan fingerprint density at radius 3 is 2.68 bits per heavy atom. The minimum Gasteiger partial charge on any atom is -0.465 e. The van der Waals surface area contributed by atoms with Crippen molar-refractivity contribution in [3.05, 3.63) is 53.4 Å². The van der Waals surface area contributed by atoms with Crippen LogP contribution >= 0.6 is 11.3 Å². The Bertz CT molecular complexity index is 662. The van der Waals surface area contributed by atoms with Crippen LogP contribution in [-0.2, 0) is 14.3 Å². The number of nitrogens with one attached hydrogen (secondary N) is 1. The number of esters is 1. The maximum atomic E-state index is 11.6. The Balaban J connectivity index is 1.90. The third-order valence-electron chi connectivity index (χ3n) is 2.80. The van der Waals surface area contributed by atoms with Crippen molar-refractivity contribution in [2.75, 3.05) is 13.2 Å². The van der Waals surface area contributed by atoms with Crippen LogP contribution in [0.5, 0.6) is 0 Å². The molecule has 1 aromatic carbocycles. The zero-order valence-electron chi connectivity index (χ0n) is 12.2. The second-order valence-electron chi connectivity index (χ2n) is 4.42. The summed E-state index contributed by atoms with van der Waals surface area (Å²) in [5, 5.41) is 2.48. The fourth-order valence-electron chi connectivity index (χ4n) is 1.79. The first-order valence-electron chi connectivity index (χ1n) is 6.96. The zero-order valence-corrected chi connectivity index (χ0v) is 13.1. The molecule has 0 atom stereocenters. The van der Waals surface area contributed by atoms with Crippen LogP contribution in [0.1, 0.15) is 11.8 Å². The van der Waals surface area contributed by atoms with Gasteiger partial charge in [0.1, 0.15) is 6.54 Å². The van der Waals surface area contributed by atoms with Gasteiger partial charge in [0.05, 0.1) is 6.61 Å². The van der Waals surface area contributed by atoms with Gasteiger partial charge in [-0.2, -0.15) is 0 Å². The Labute approximate surface area is 133 Å². The number of carbonyl (C=O) groups excluding carboxylic acids is 2. The number of ether oxygens (including phenoxy) is 1. The lowest BCUT2D eigenvalue weighted by atomic mass is 10.2. The third-order valence-corrected chi connectivity index (χ3v) is 3.90. The van der Waals surface area contributed by atoms with E-state index in [0.717, 1.165) is 15.3 Å². The van der Waals surface area contributed by atoms with Crippen LogP contribution in [0.15, 0.2) is 48.5 Å². The summed E-state index contributed by atoms with van der Waals surface area (Å²) in [4.78, 5) is 24.8. The lowest BCUT2D eigenvalue weighted by molar-refractivity contribution is -0.143. The molecular formula is C17H17NO3S. The standard InChI is InChI=1S/C17H17NO3S/c1-2-21-17(20)12-18-16(19)11-9-14-8-10-15(22-14)13-6-4-3-5-7-13/h3-11H,2,12H2,1H3,(H,18,19)/b11-9+. The van der Waals surface area contributed by atoms with E-state index in [1.165, 1.54) is 6.08 Å². The molecule has 0 saturated carbocycles. The van der Waals surface area contributed by atoms with Crippen molar-refractivity contribution >= 4 is 29.3 Å². The largest absolute Gasteiger partial charge is 0.465 e. The molecule has 0 radical (unpaired) electrons. The van der Waals surface area contributed by atoms with Gasteiger partial charge in [0.25, 0.3) is 0 Å². The van der Waals surface area contributed by atoms with Gasteiger partial charge in [-0.25, -0.2) is 0 Å². The van der Waals surface area contributed by atoms with Crippen LogP contribution in [0.2, 0.25) is 0 Å². The highest BCUT2D eigenvalue weighted by molar-refractivity contribution is 7.16. The molecule has 0 fully saturated rings. The Hall–Kier alpha value is -2.40. The topological polar surface area (TPSA) is 55.4 Å². The Morgan fingerprint density at radius 1 is 1.18 bits per heavy atom. The molecule has 0 aliphatic rings. The highest BCUT2D eigenvalue weighted by atomic mass is 32.1. The normalized spacial score (nSPS) is 10.6. The van der Waals surface area contributed by atoms with E-state index in [9.17, 15) is 9.59 Å². The van der Waals surface area contributed by atoms with E-state index in [-0.39, 0.29) is 12.5 Å². The van der Waals surface area contributed by atoms with Crippen molar-refractivity contribution in [2.24, 2.45) is 0 Å². The molecule has 1 amide bonds. The van der Waals surface area contributed by atoms with Gasteiger partial charge >= 0.3 is 5.97 Å². The molecule has 22 heavy (non-hydrogen) atoms. The number of thiophene rings is 1. The van der Waals surface area contributed by atoms with Gasteiger partial charge in [-0.3, -0.25) is 9.59 Å². The summed E-state index contributed by atoms with van der Waals surface area (Å²) >= 11 is 1.60. The van der Waals surface area contributed by atoms with Crippen LogP contribution in [0, 0.1) is 0 Å². The molecule has 114 valence electrons. The van der Waals surface area contributed by atoms with Crippen molar-refractivity contribution in [1.82, 2.24) is 5.32 Å². The summed E-state index contributed by atoms with van der Waals surface area (Å²) in [5.41, 5.74) is 1.15. The molecular weight excluding hydrogens is 298 g/mol. The molecule has 0 unspecified atom stereocenters. The van der Waals surface area contributed by atoms with Crippen molar-refractivity contribution < 1.29 is 14.3 Å². The average molecular weight is 315 g/mol. The van der Waals surface area contributed by atoms with E-state index in [1.807, 2.05) is 42.5 Å². The van der Waals surface area contributed by atoms with E-state index in [4.69, 9.17) is 4.74 Å². The molecule has 0 spiro atoms. The molecule has 0 bridgehead atoms. The monoisotopic (exact) mass is 315 g/mol. The van der Waals surface area contributed by atoms with Crippen molar-refractivity contribution in [3.63, 3.8) is 0 Å². The first-order valence-corrected chi connectivity index (χ1v) is 7.77. The second-order valence-corrected chi connectivity index (χ2v) is 5.54. The highest BCUT2D eigenvalue weighted by Crippen LogP contribution is 2.28. The first kappa shape index (κ1) is 16.0. The lowest BCUT2D eigenvalue weighted by Crippen LogP contribution is -2.29. The number of carbonyl (C=O) groups is 2. The molecule has 0 aliphatic carbocycles. The fraction of sp³-hybridized carbons (Fsp3) is 0.176. The second kappa shape index (κ2) is 8.14. The van der Waals surface area contributed by atoms with Gasteiger partial charge in [-0.15, -0.1) is 11.3 Å². The summed E-state index contributed by atoms with van der Waals surface area (Å²) in [6.45, 7) is 1.92. The van der Waals surface area contributed by atoms with Gasteiger partial charge < -0.3 is 10.1 Å². The molecule has 2 rings (SSSR count). The Morgan fingerprint density at radius 2 is 1.95 bits per heavy atom. The molecule has 0 saturated heterocycles. The maximum absolute atomic E-state index is 11.6. The number of hydrogen-bond donors (Lipinski definition) is 1.